The van der Waals surface area contributed by atoms with Gasteiger partial charge < -0.3 is 5.32 Å². The second-order valence-corrected chi connectivity index (χ2v) is 6.53. The zero-order valence-electron chi connectivity index (χ0n) is 9.60. The van der Waals surface area contributed by atoms with Crippen molar-refractivity contribution in [2.45, 2.75) is 38.3 Å². The van der Waals surface area contributed by atoms with E-state index in [-0.39, 0.29) is 0 Å². The van der Waals surface area contributed by atoms with Crippen LogP contribution in [0.1, 0.15) is 37.9 Å². The van der Waals surface area contributed by atoms with Crippen molar-refractivity contribution >= 4 is 11.3 Å². The van der Waals surface area contributed by atoms with Crippen molar-refractivity contribution in [1.29, 1.82) is 0 Å². The molecule has 1 aromatic rings. The second-order valence-electron chi connectivity index (χ2n) is 5.82. The van der Waals surface area contributed by atoms with Crippen molar-refractivity contribution in [2.24, 2.45) is 23.7 Å². The van der Waals surface area contributed by atoms with E-state index in [4.69, 9.17) is 0 Å². The number of hydrogen-bond donors (Lipinski definition) is 1. The van der Waals surface area contributed by atoms with Gasteiger partial charge in [0.05, 0.1) is 11.2 Å². The van der Waals surface area contributed by atoms with Crippen molar-refractivity contribution < 1.29 is 0 Å². The van der Waals surface area contributed by atoms with Crippen LogP contribution in [0.15, 0.2) is 10.9 Å². The molecule has 1 N–H and O–H groups in total. The molecule has 16 heavy (non-hydrogen) atoms. The Kier molecular flexibility index (Phi) is 1.98. The summed E-state index contributed by atoms with van der Waals surface area (Å²) in [4.78, 5) is 4.40. The third-order valence-electron chi connectivity index (χ3n) is 5.07. The van der Waals surface area contributed by atoms with Crippen molar-refractivity contribution in [3.63, 3.8) is 0 Å². The maximum atomic E-state index is 4.40. The lowest BCUT2D eigenvalue weighted by atomic mass is 10.0. The molecule has 0 aliphatic heterocycles. The average Bonchev–Trinajstić information content (AvgIpc) is 2.81. The van der Waals surface area contributed by atoms with E-state index in [2.05, 4.69) is 22.6 Å². The molecule has 3 saturated carbocycles. The Hall–Kier alpha value is -0.410. The number of hydrogen-bond acceptors (Lipinski definition) is 3. The zero-order chi connectivity index (χ0) is 10.7. The summed E-state index contributed by atoms with van der Waals surface area (Å²) in [6, 6.07) is 1.27. The summed E-state index contributed by atoms with van der Waals surface area (Å²) in [6.07, 6.45) is 4.56. The van der Waals surface area contributed by atoms with Crippen molar-refractivity contribution in [3.8, 4) is 0 Å². The van der Waals surface area contributed by atoms with Crippen LogP contribution in [-0.2, 0) is 0 Å². The smallest absolute Gasteiger partial charge is 0.0795 e. The number of nitrogens with one attached hydrogen (secondary N) is 1. The summed E-state index contributed by atoms with van der Waals surface area (Å²) in [6.45, 7) is 2.25. The zero-order valence-corrected chi connectivity index (χ0v) is 10.4. The fourth-order valence-electron chi connectivity index (χ4n) is 4.36. The molecule has 0 spiro atoms. The highest BCUT2D eigenvalue weighted by atomic mass is 32.1. The minimum Gasteiger partial charge on any atom is -0.305 e. The first kappa shape index (κ1) is 9.60. The van der Waals surface area contributed by atoms with Gasteiger partial charge in [-0.15, -0.1) is 11.3 Å². The van der Waals surface area contributed by atoms with Gasteiger partial charge in [-0.2, -0.15) is 0 Å². The van der Waals surface area contributed by atoms with Crippen molar-refractivity contribution in [3.05, 3.63) is 16.6 Å². The maximum absolute atomic E-state index is 4.40. The molecular weight excluding hydrogens is 216 g/mol. The molecule has 5 unspecified atom stereocenters. The minimum atomic E-state index is 0.446. The fraction of sp³-hybridized carbons (Fsp3) is 0.769. The molecule has 3 fully saturated rings. The monoisotopic (exact) mass is 234 g/mol. The highest BCUT2D eigenvalue weighted by molar-refractivity contribution is 7.07. The Balaban J connectivity index is 1.44. The van der Waals surface area contributed by atoms with Crippen LogP contribution < -0.4 is 5.32 Å². The summed E-state index contributed by atoms with van der Waals surface area (Å²) in [5.41, 5.74) is 3.16. The number of aromatic nitrogens is 1. The van der Waals surface area contributed by atoms with Gasteiger partial charge in [0.15, 0.2) is 0 Å². The lowest BCUT2D eigenvalue weighted by molar-refractivity contribution is 0.430. The van der Waals surface area contributed by atoms with Crippen molar-refractivity contribution in [1.82, 2.24) is 10.3 Å². The van der Waals surface area contributed by atoms with Gasteiger partial charge >= 0.3 is 0 Å². The molecule has 5 atom stereocenters. The third kappa shape index (κ3) is 1.25. The fourth-order valence-corrected chi connectivity index (χ4v) is 5.01. The highest BCUT2D eigenvalue weighted by Gasteiger charge is 2.64. The largest absolute Gasteiger partial charge is 0.305 e. The number of nitrogens with zero attached hydrogens (tertiary/aromatic N) is 1. The number of thiazole rings is 1. The van der Waals surface area contributed by atoms with Gasteiger partial charge in [0.25, 0.3) is 0 Å². The topological polar surface area (TPSA) is 24.9 Å². The number of rotatable bonds is 3. The van der Waals surface area contributed by atoms with Gasteiger partial charge in [-0.05, 0) is 49.9 Å². The summed E-state index contributed by atoms with van der Waals surface area (Å²) >= 11 is 1.70. The van der Waals surface area contributed by atoms with Gasteiger partial charge in [-0.3, -0.25) is 0 Å². The maximum Gasteiger partial charge on any atom is 0.0795 e. The normalized spacial score (nSPS) is 45.7. The molecule has 3 heteroatoms. The van der Waals surface area contributed by atoms with Crippen LogP contribution in [-0.4, -0.2) is 11.0 Å². The predicted octanol–water partition coefficient (Wildman–Crippen LogP) is 2.84. The molecule has 4 rings (SSSR count). The van der Waals surface area contributed by atoms with E-state index in [9.17, 15) is 0 Å². The van der Waals surface area contributed by atoms with Gasteiger partial charge in [-0.25, -0.2) is 4.98 Å². The molecule has 0 radical (unpaired) electrons. The first-order valence-electron chi connectivity index (χ1n) is 6.48. The molecule has 1 aromatic heterocycles. The van der Waals surface area contributed by atoms with Crippen LogP contribution in [0.3, 0.4) is 0 Å². The van der Waals surface area contributed by atoms with Gasteiger partial charge in [0, 0.05) is 17.5 Å². The second kappa shape index (κ2) is 3.30. The van der Waals surface area contributed by atoms with Crippen LogP contribution in [0.2, 0.25) is 0 Å². The molecule has 86 valence electrons. The molecule has 0 aromatic carbocycles. The van der Waals surface area contributed by atoms with E-state index >= 15 is 0 Å². The van der Waals surface area contributed by atoms with Gasteiger partial charge in [0.2, 0.25) is 0 Å². The molecule has 0 saturated heterocycles. The standard InChI is InChI=1S/C13H18N2S/c1-7(10-5-16-6-14-10)15-13-11-8-2-3-9(4-8)12(11)13/h5-9,11-13,15H,2-4H2,1H3. The van der Waals surface area contributed by atoms with Crippen LogP contribution >= 0.6 is 11.3 Å². The molecule has 0 amide bonds. The predicted molar refractivity (Wildman–Crippen MR) is 65.3 cm³/mol. The first-order chi connectivity index (χ1) is 7.84. The lowest BCUT2D eigenvalue weighted by Crippen LogP contribution is -2.26. The highest BCUT2D eigenvalue weighted by Crippen LogP contribution is 2.65. The summed E-state index contributed by atoms with van der Waals surface area (Å²) in [5.74, 6) is 4.19. The van der Waals surface area contributed by atoms with Gasteiger partial charge in [0.1, 0.15) is 0 Å². The Labute approximate surface area is 100 Å². The summed E-state index contributed by atoms with van der Waals surface area (Å²) < 4.78 is 0. The van der Waals surface area contributed by atoms with E-state index < -0.39 is 0 Å². The quantitative estimate of drug-likeness (QED) is 0.870. The third-order valence-corrected chi connectivity index (χ3v) is 5.68. The van der Waals surface area contributed by atoms with E-state index in [1.165, 1.54) is 18.5 Å². The lowest BCUT2D eigenvalue weighted by Gasteiger charge is -2.15. The van der Waals surface area contributed by atoms with Crippen LogP contribution in [0.4, 0.5) is 0 Å². The van der Waals surface area contributed by atoms with Crippen LogP contribution in [0.5, 0.6) is 0 Å². The van der Waals surface area contributed by atoms with Gasteiger partial charge in [-0.1, -0.05) is 0 Å². The molecule has 1 heterocycles. The Morgan fingerprint density at radius 3 is 2.75 bits per heavy atom. The molecule has 2 bridgehead atoms. The first-order valence-corrected chi connectivity index (χ1v) is 7.43. The van der Waals surface area contributed by atoms with E-state index in [0.29, 0.717) is 6.04 Å². The van der Waals surface area contributed by atoms with E-state index in [1.54, 1.807) is 17.8 Å². The molecular formula is C13H18N2S. The summed E-state index contributed by atoms with van der Waals surface area (Å²) in [7, 11) is 0. The average molecular weight is 234 g/mol. The molecule has 3 aliphatic carbocycles. The van der Waals surface area contributed by atoms with Crippen molar-refractivity contribution in [2.75, 3.05) is 0 Å². The molecule has 2 nitrogen and oxygen atoms in total. The van der Waals surface area contributed by atoms with Crippen LogP contribution in [0.25, 0.3) is 0 Å². The number of fused-ring (bicyclic) bond motifs is 5. The Bertz CT molecular complexity index is 373. The van der Waals surface area contributed by atoms with E-state index in [1.807, 2.05) is 5.51 Å². The minimum absolute atomic E-state index is 0.446. The Morgan fingerprint density at radius 2 is 2.12 bits per heavy atom. The molecule has 3 aliphatic rings. The van der Waals surface area contributed by atoms with Crippen LogP contribution in [0, 0.1) is 23.7 Å². The van der Waals surface area contributed by atoms with E-state index in [0.717, 1.165) is 29.7 Å². The SMILES string of the molecule is CC(NC1C2C3CCC(C3)C12)c1cscn1. The summed E-state index contributed by atoms with van der Waals surface area (Å²) in [5, 5.41) is 5.97. The Morgan fingerprint density at radius 1 is 1.38 bits per heavy atom.